The van der Waals surface area contributed by atoms with Crippen LogP contribution in [-0.4, -0.2) is 17.8 Å². The molecule has 0 aliphatic heterocycles. The Morgan fingerprint density at radius 3 is 2.53 bits per heavy atom. The Morgan fingerprint density at radius 2 is 2.07 bits per heavy atom. The molecule has 0 aliphatic rings. The van der Waals surface area contributed by atoms with Crippen LogP contribution in [0.15, 0.2) is 17.2 Å². The largest absolute Gasteiger partial charge is 0.416 e. The first kappa shape index (κ1) is 12.2. The maximum Gasteiger partial charge on any atom is 0.416 e. The monoisotopic (exact) mass is 236 g/mol. The number of anilines is 1. The number of halogens is 3. The molecule has 0 fully saturated rings. The molecule has 6 heteroatoms. The van der Waals surface area contributed by atoms with E-state index in [1.54, 1.807) is 13.2 Å². The molecule has 0 aromatic carbocycles. The van der Waals surface area contributed by atoms with Gasteiger partial charge in [-0.3, -0.25) is 0 Å². The van der Waals surface area contributed by atoms with Crippen LogP contribution < -0.4 is 5.32 Å². The van der Waals surface area contributed by atoms with Crippen LogP contribution in [0.25, 0.3) is 0 Å². The van der Waals surface area contributed by atoms with E-state index < -0.39 is 11.7 Å². The second-order valence-corrected chi connectivity index (χ2v) is 3.64. The van der Waals surface area contributed by atoms with Crippen molar-refractivity contribution in [2.24, 2.45) is 0 Å². The number of nitrogens with one attached hydrogen (secondary N) is 1. The molecule has 0 saturated heterocycles. The summed E-state index contributed by atoms with van der Waals surface area (Å²) in [5.41, 5.74) is -0.669. The molecule has 0 unspecified atom stereocenters. The molecule has 0 aliphatic carbocycles. The predicted octanol–water partition coefficient (Wildman–Crippen LogP) is 3.25. The molecule has 1 heterocycles. The highest BCUT2D eigenvalue weighted by Crippen LogP contribution is 2.32. The van der Waals surface area contributed by atoms with E-state index in [0.29, 0.717) is 11.6 Å². The number of hydrogen-bond acceptors (Lipinski definition) is 3. The van der Waals surface area contributed by atoms with Gasteiger partial charge in [0.25, 0.3) is 0 Å². The van der Waals surface area contributed by atoms with E-state index in [1.807, 2.05) is 0 Å². The van der Waals surface area contributed by atoms with E-state index in [2.05, 4.69) is 10.3 Å². The molecule has 0 radical (unpaired) electrons. The molecule has 0 atom stereocenters. The Bertz CT molecular complexity index is 339. The highest BCUT2D eigenvalue weighted by atomic mass is 32.2. The van der Waals surface area contributed by atoms with Crippen molar-refractivity contribution < 1.29 is 13.2 Å². The number of thioether (sulfide) groups is 1. The maximum absolute atomic E-state index is 12.5. The number of alkyl halides is 3. The lowest BCUT2D eigenvalue weighted by Crippen LogP contribution is -2.08. The van der Waals surface area contributed by atoms with Crippen LogP contribution in [0.5, 0.6) is 0 Å². The molecule has 1 aromatic heterocycles. The standard InChI is InChI=1S/C9H11F3N2S/c1-3-13-7-4-6(9(10,11)12)5-8(14-7)15-2/h4-5H,3H2,1-2H3,(H,13,14). The average molecular weight is 236 g/mol. The summed E-state index contributed by atoms with van der Waals surface area (Å²) in [7, 11) is 0. The smallest absolute Gasteiger partial charge is 0.370 e. The lowest BCUT2D eigenvalue weighted by molar-refractivity contribution is -0.137. The highest BCUT2D eigenvalue weighted by molar-refractivity contribution is 7.98. The van der Waals surface area contributed by atoms with E-state index in [9.17, 15) is 13.2 Å². The van der Waals surface area contributed by atoms with Crippen molar-refractivity contribution in [3.63, 3.8) is 0 Å². The van der Waals surface area contributed by atoms with Crippen molar-refractivity contribution >= 4 is 17.6 Å². The quantitative estimate of drug-likeness (QED) is 0.815. The molecule has 1 aromatic rings. The van der Waals surface area contributed by atoms with E-state index in [-0.39, 0.29) is 5.82 Å². The van der Waals surface area contributed by atoms with Crippen molar-refractivity contribution in [2.75, 3.05) is 18.1 Å². The summed E-state index contributed by atoms with van der Waals surface area (Å²) in [6, 6.07) is 2.06. The van der Waals surface area contributed by atoms with Crippen LogP contribution in [0.3, 0.4) is 0 Å². The van der Waals surface area contributed by atoms with Crippen molar-refractivity contribution in [3.8, 4) is 0 Å². The first-order valence-electron chi connectivity index (χ1n) is 4.34. The minimum Gasteiger partial charge on any atom is -0.370 e. The van der Waals surface area contributed by atoms with Crippen molar-refractivity contribution in [1.82, 2.24) is 4.98 Å². The van der Waals surface area contributed by atoms with Gasteiger partial charge in [0, 0.05) is 6.54 Å². The van der Waals surface area contributed by atoms with Gasteiger partial charge in [-0.2, -0.15) is 13.2 Å². The summed E-state index contributed by atoms with van der Waals surface area (Å²) in [6.07, 6.45) is -2.63. The summed E-state index contributed by atoms with van der Waals surface area (Å²) in [5.74, 6) is 0.261. The number of pyridine rings is 1. The van der Waals surface area contributed by atoms with Gasteiger partial charge in [0.2, 0.25) is 0 Å². The molecular weight excluding hydrogens is 225 g/mol. The van der Waals surface area contributed by atoms with Gasteiger partial charge in [-0.15, -0.1) is 11.8 Å². The number of nitrogens with zero attached hydrogens (tertiary/aromatic N) is 1. The first-order valence-corrected chi connectivity index (χ1v) is 5.57. The van der Waals surface area contributed by atoms with Crippen LogP contribution in [0, 0.1) is 0 Å². The van der Waals surface area contributed by atoms with Crippen LogP contribution in [0.2, 0.25) is 0 Å². The Balaban J connectivity index is 3.11. The van der Waals surface area contributed by atoms with Gasteiger partial charge in [-0.1, -0.05) is 0 Å². The second kappa shape index (κ2) is 4.74. The molecule has 0 bridgehead atoms. The van der Waals surface area contributed by atoms with Crippen LogP contribution in [-0.2, 0) is 6.18 Å². The zero-order valence-electron chi connectivity index (χ0n) is 8.35. The summed E-state index contributed by atoms with van der Waals surface area (Å²) in [6.45, 7) is 2.35. The molecular formula is C9H11F3N2S. The molecule has 1 rings (SSSR count). The molecule has 84 valence electrons. The lowest BCUT2D eigenvalue weighted by atomic mass is 10.2. The Hall–Kier alpha value is -0.910. The zero-order valence-corrected chi connectivity index (χ0v) is 9.17. The van der Waals surface area contributed by atoms with E-state index in [0.717, 1.165) is 12.1 Å². The topological polar surface area (TPSA) is 24.9 Å². The van der Waals surface area contributed by atoms with Crippen LogP contribution in [0.1, 0.15) is 12.5 Å². The number of rotatable bonds is 3. The van der Waals surface area contributed by atoms with Gasteiger partial charge in [-0.25, -0.2) is 4.98 Å². The summed E-state index contributed by atoms with van der Waals surface area (Å²) in [5, 5.41) is 3.13. The highest BCUT2D eigenvalue weighted by Gasteiger charge is 2.31. The fraction of sp³-hybridized carbons (Fsp3) is 0.444. The predicted molar refractivity (Wildman–Crippen MR) is 55.2 cm³/mol. The Labute approximate surface area is 90.3 Å². The van der Waals surface area contributed by atoms with Crippen molar-refractivity contribution in [3.05, 3.63) is 17.7 Å². The van der Waals surface area contributed by atoms with Gasteiger partial charge in [0.1, 0.15) is 5.82 Å². The lowest BCUT2D eigenvalue weighted by Gasteiger charge is -2.10. The zero-order chi connectivity index (χ0) is 11.5. The molecule has 0 spiro atoms. The third-order valence-electron chi connectivity index (χ3n) is 1.70. The average Bonchev–Trinajstić information content (AvgIpc) is 2.16. The van der Waals surface area contributed by atoms with E-state index >= 15 is 0 Å². The van der Waals surface area contributed by atoms with E-state index in [4.69, 9.17) is 0 Å². The summed E-state index contributed by atoms with van der Waals surface area (Å²) < 4.78 is 37.4. The van der Waals surface area contributed by atoms with Gasteiger partial charge < -0.3 is 5.32 Å². The fourth-order valence-corrected chi connectivity index (χ4v) is 1.48. The molecule has 0 amide bonds. The van der Waals surface area contributed by atoms with Gasteiger partial charge >= 0.3 is 6.18 Å². The third-order valence-corrected chi connectivity index (χ3v) is 2.32. The minimum absolute atomic E-state index is 0.261. The second-order valence-electron chi connectivity index (χ2n) is 2.81. The molecule has 15 heavy (non-hydrogen) atoms. The summed E-state index contributed by atoms with van der Waals surface area (Å²) in [4.78, 5) is 4.01. The number of aromatic nitrogens is 1. The van der Waals surface area contributed by atoms with Crippen LogP contribution >= 0.6 is 11.8 Å². The normalized spacial score (nSPS) is 11.5. The van der Waals surface area contributed by atoms with Crippen molar-refractivity contribution in [2.45, 2.75) is 18.1 Å². The maximum atomic E-state index is 12.5. The van der Waals surface area contributed by atoms with Gasteiger partial charge in [0.15, 0.2) is 0 Å². The van der Waals surface area contributed by atoms with Crippen molar-refractivity contribution in [1.29, 1.82) is 0 Å². The molecule has 1 N–H and O–H groups in total. The Kier molecular flexibility index (Phi) is 3.84. The SMILES string of the molecule is CCNc1cc(C(F)(F)F)cc(SC)n1. The van der Waals surface area contributed by atoms with Crippen LogP contribution in [0.4, 0.5) is 19.0 Å². The van der Waals surface area contributed by atoms with Gasteiger partial charge in [-0.05, 0) is 25.3 Å². The minimum atomic E-state index is -4.32. The fourth-order valence-electron chi connectivity index (χ4n) is 1.05. The summed E-state index contributed by atoms with van der Waals surface area (Å²) >= 11 is 1.19. The Morgan fingerprint density at radius 1 is 1.40 bits per heavy atom. The first-order chi connectivity index (χ1) is 6.97. The number of hydrogen-bond donors (Lipinski definition) is 1. The molecule has 2 nitrogen and oxygen atoms in total. The van der Waals surface area contributed by atoms with E-state index in [1.165, 1.54) is 11.8 Å². The van der Waals surface area contributed by atoms with Gasteiger partial charge in [0.05, 0.1) is 10.6 Å². The third kappa shape index (κ3) is 3.30. The molecule has 0 saturated carbocycles.